The molecule has 0 unspecified atom stereocenters. The van der Waals surface area contributed by atoms with Crippen molar-refractivity contribution < 1.29 is 14.3 Å². The molecule has 0 atom stereocenters. The molecule has 2 aromatic carbocycles. The Balaban J connectivity index is 2.08. The second-order valence-corrected chi connectivity index (χ2v) is 6.24. The van der Waals surface area contributed by atoms with Gasteiger partial charge in [0.05, 0.1) is 12.8 Å². The molecule has 24 heavy (non-hydrogen) atoms. The van der Waals surface area contributed by atoms with E-state index in [-0.39, 0.29) is 18.4 Å². The van der Waals surface area contributed by atoms with Gasteiger partial charge in [-0.15, -0.1) is 0 Å². The molecule has 0 spiro atoms. The zero-order valence-corrected chi connectivity index (χ0v) is 15.1. The minimum Gasteiger partial charge on any atom is -0.495 e. The summed E-state index contributed by atoms with van der Waals surface area (Å²) in [6.07, 6.45) is 0. The van der Waals surface area contributed by atoms with Crippen LogP contribution >= 0.6 is 11.6 Å². The number of hydrogen-bond donors (Lipinski definition) is 1. The molecule has 5 heteroatoms. The van der Waals surface area contributed by atoms with Crippen LogP contribution in [0.25, 0.3) is 0 Å². The molecular formula is C19H22ClNO3. The number of halogens is 1. The first kappa shape index (κ1) is 18.1. The molecule has 1 amide bonds. The van der Waals surface area contributed by atoms with Gasteiger partial charge < -0.3 is 14.8 Å². The highest BCUT2D eigenvalue weighted by Gasteiger charge is 2.13. The average molecular weight is 348 g/mol. The van der Waals surface area contributed by atoms with Crippen molar-refractivity contribution >= 4 is 23.2 Å². The smallest absolute Gasteiger partial charge is 0.262 e. The van der Waals surface area contributed by atoms with Gasteiger partial charge in [-0.05, 0) is 48.2 Å². The van der Waals surface area contributed by atoms with Crippen molar-refractivity contribution in [3.05, 3.63) is 52.5 Å². The van der Waals surface area contributed by atoms with Crippen LogP contribution < -0.4 is 14.8 Å². The molecule has 0 bridgehead atoms. The van der Waals surface area contributed by atoms with Crippen molar-refractivity contribution in [1.82, 2.24) is 0 Å². The van der Waals surface area contributed by atoms with E-state index < -0.39 is 0 Å². The van der Waals surface area contributed by atoms with Gasteiger partial charge >= 0.3 is 0 Å². The number of hydrogen-bond acceptors (Lipinski definition) is 3. The van der Waals surface area contributed by atoms with E-state index in [1.807, 2.05) is 31.2 Å². The van der Waals surface area contributed by atoms with Gasteiger partial charge in [0.25, 0.3) is 5.91 Å². The number of para-hydroxylation sites is 2. The van der Waals surface area contributed by atoms with E-state index in [1.165, 1.54) is 0 Å². The maximum Gasteiger partial charge on any atom is 0.262 e. The van der Waals surface area contributed by atoms with Crippen LogP contribution in [0.2, 0.25) is 5.02 Å². The molecule has 0 aromatic heterocycles. The van der Waals surface area contributed by atoms with Gasteiger partial charge in [-0.1, -0.05) is 37.6 Å². The zero-order valence-electron chi connectivity index (χ0n) is 14.4. The molecule has 0 radical (unpaired) electrons. The van der Waals surface area contributed by atoms with Gasteiger partial charge in [-0.2, -0.15) is 0 Å². The highest BCUT2D eigenvalue weighted by Crippen LogP contribution is 2.32. The van der Waals surface area contributed by atoms with E-state index in [9.17, 15) is 4.79 Å². The van der Waals surface area contributed by atoms with Gasteiger partial charge in [0.15, 0.2) is 6.61 Å². The lowest BCUT2D eigenvalue weighted by Gasteiger charge is -2.16. The largest absolute Gasteiger partial charge is 0.495 e. The van der Waals surface area contributed by atoms with Crippen molar-refractivity contribution in [1.29, 1.82) is 0 Å². The summed E-state index contributed by atoms with van der Waals surface area (Å²) < 4.78 is 10.9. The quantitative estimate of drug-likeness (QED) is 0.816. The Hall–Kier alpha value is -2.20. The second-order valence-electron chi connectivity index (χ2n) is 5.83. The number of carbonyl (C=O) groups is 1. The predicted octanol–water partition coefficient (Wildman–Crippen LogP) is 4.80. The number of ether oxygens (including phenoxy) is 2. The van der Waals surface area contributed by atoms with E-state index in [4.69, 9.17) is 21.1 Å². The number of anilines is 1. The normalized spacial score (nSPS) is 10.6. The van der Waals surface area contributed by atoms with Gasteiger partial charge in [0, 0.05) is 5.02 Å². The topological polar surface area (TPSA) is 47.6 Å². The van der Waals surface area contributed by atoms with Crippen LogP contribution in [-0.4, -0.2) is 19.6 Å². The SMILES string of the molecule is COc1ccccc1NC(=O)COc1cc(C)c(Cl)cc1C(C)C. The van der Waals surface area contributed by atoms with Crippen LogP contribution in [0, 0.1) is 6.92 Å². The minimum absolute atomic E-state index is 0.0845. The molecule has 4 nitrogen and oxygen atoms in total. The second kappa shape index (κ2) is 8.06. The fourth-order valence-electron chi connectivity index (χ4n) is 2.32. The van der Waals surface area contributed by atoms with Crippen molar-refractivity contribution in [3.63, 3.8) is 0 Å². The first-order valence-corrected chi connectivity index (χ1v) is 8.16. The summed E-state index contributed by atoms with van der Waals surface area (Å²) >= 11 is 6.18. The molecule has 0 heterocycles. The van der Waals surface area contributed by atoms with E-state index in [0.29, 0.717) is 22.2 Å². The molecule has 2 rings (SSSR count). The van der Waals surface area contributed by atoms with Gasteiger partial charge in [-0.3, -0.25) is 4.79 Å². The fourth-order valence-corrected chi connectivity index (χ4v) is 2.50. The Morgan fingerprint density at radius 1 is 1.21 bits per heavy atom. The maximum absolute atomic E-state index is 12.2. The number of aryl methyl sites for hydroxylation is 1. The summed E-state index contributed by atoms with van der Waals surface area (Å²) in [6, 6.07) is 11.0. The Bertz CT molecular complexity index is 729. The number of amides is 1. The molecule has 0 aliphatic carbocycles. The lowest BCUT2D eigenvalue weighted by Crippen LogP contribution is -2.21. The van der Waals surface area contributed by atoms with Crippen LogP contribution in [0.15, 0.2) is 36.4 Å². The molecular weight excluding hydrogens is 326 g/mol. The van der Waals surface area contributed by atoms with Crippen molar-refractivity contribution in [2.45, 2.75) is 26.7 Å². The third-order valence-electron chi connectivity index (χ3n) is 3.65. The number of benzene rings is 2. The Labute approximate surface area is 147 Å². The van der Waals surface area contributed by atoms with Crippen LogP contribution in [0.3, 0.4) is 0 Å². The van der Waals surface area contributed by atoms with E-state index >= 15 is 0 Å². The molecule has 0 aliphatic heterocycles. The lowest BCUT2D eigenvalue weighted by molar-refractivity contribution is -0.118. The third-order valence-corrected chi connectivity index (χ3v) is 4.06. The van der Waals surface area contributed by atoms with Crippen molar-refractivity contribution in [3.8, 4) is 11.5 Å². The summed E-state index contributed by atoms with van der Waals surface area (Å²) in [6.45, 7) is 5.94. The molecule has 1 N–H and O–H groups in total. The number of rotatable bonds is 6. The minimum atomic E-state index is -0.248. The van der Waals surface area contributed by atoms with Crippen molar-refractivity contribution in [2.75, 3.05) is 19.0 Å². The first-order valence-electron chi connectivity index (χ1n) is 7.78. The Kier molecular flexibility index (Phi) is 6.10. The summed E-state index contributed by atoms with van der Waals surface area (Å²) in [7, 11) is 1.56. The summed E-state index contributed by atoms with van der Waals surface area (Å²) in [5.74, 6) is 1.29. The Morgan fingerprint density at radius 2 is 1.92 bits per heavy atom. The third kappa shape index (κ3) is 4.42. The Morgan fingerprint density at radius 3 is 2.58 bits per heavy atom. The number of carbonyl (C=O) groups excluding carboxylic acids is 1. The highest BCUT2D eigenvalue weighted by atomic mass is 35.5. The summed E-state index contributed by atoms with van der Waals surface area (Å²) in [5.41, 5.74) is 2.52. The molecule has 2 aromatic rings. The number of nitrogens with one attached hydrogen (secondary N) is 1. The van der Waals surface area contributed by atoms with Gasteiger partial charge in [-0.25, -0.2) is 0 Å². The van der Waals surface area contributed by atoms with E-state index in [0.717, 1.165) is 11.1 Å². The van der Waals surface area contributed by atoms with Crippen LogP contribution in [-0.2, 0) is 4.79 Å². The first-order chi connectivity index (χ1) is 11.4. The zero-order chi connectivity index (χ0) is 17.7. The fraction of sp³-hybridized carbons (Fsp3) is 0.316. The molecule has 0 aliphatic rings. The maximum atomic E-state index is 12.2. The highest BCUT2D eigenvalue weighted by molar-refractivity contribution is 6.31. The molecule has 128 valence electrons. The predicted molar refractivity (Wildman–Crippen MR) is 97.4 cm³/mol. The lowest BCUT2D eigenvalue weighted by atomic mass is 10.0. The average Bonchev–Trinajstić information content (AvgIpc) is 2.55. The molecule has 0 saturated heterocycles. The van der Waals surface area contributed by atoms with Crippen LogP contribution in [0.4, 0.5) is 5.69 Å². The van der Waals surface area contributed by atoms with Gasteiger partial charge in [0.1, 0.15) is 11.5 Å². The number of methoxy groups -OCH3 is 1. The van der Waals surface area contributed by atoms with Gasteiger partial charge in [0.2, 0.25) is 0 Å². The summed E-state index contributed by atoms with van der Waals surface area (Å²) in [4.78, 5) is 12.2. The van der Waals surface area contributed by atoms with Crippen molar-refractivity contribution in [2.24, 2.45) is 0 Å². The van der Waals surface area contributed by atoms with E-state index in [1.54, 1.807) is 19.2 Å². The van der Waals surface area contributed by atoms with Crippen LogP contribution in [0.5, 0.6) is 11.5 Å². The molecule has 0 fully saturated rings. The standard InChI is InChI=1S/C19H22ClNO3/c1-12(2)14-10-15(20)13(3)9-18(14)24-11-19(22)21-16-7-5-6-8-17(16)23-4/h5-10,12H,11H2,1-4H3,(H,21,22). The van der Waals surface area contributed by atoms with Crippen LogP contribution in [0.1, 0.15) is 30.9 Å². The molecule has 0 saturated carbocycles. The van der Waals surface area contributed by atoms with E-state index in [2.05, 4.69) is 19.2 Å². The monoisotopic (exact) mass is 347 g/mol. The summed E-state index contributed by atoms with van der Waals surface area (Å²) in [5, 5.41) is 3.49.